The van der Waals surface area contributed by atoms with Gasteiger partial charge in [0.1, 0.15) is 28.2 Å². The average Bonchev–Trinajstić information content (AvgIpc) is 2.63. The summed E-state index contributed by atoms with van der Waals surface area (Å²) >= 11 is 0. The van der Waals surface area contributed by atoms with Gasteiger partial charge >= 0.3 is 0 Å². The zero-order valence-corrected chi connectivity index (χ0v) is 14.0. The van der Waals surface area contributed by atoms with E-state index in [4.69, 9.17) is 18.6 Å². The lowest BCUT2D eigenvalue weighted by Gasteiger charge is -2.10. The summed E-state index contributed by atoms with van der Waals surface area (Å²) in [5.74, 6) is 1.01. The van der Waals surface area contributed by atoms with E-state index in [1.165, 1.54) is 14.2 Å². The van der Waals surface area contributed by atoms with Crippen molar-refractivity contribution in [1.29, 1.82) is 0 Å². The van der Waals surface area contributed by atoms with Gasteiger partial charge in [0.25, 0.3) is 0 Å². The van der Waals surface area contributed by atoms with E-state index in [-0.39, 0.29) is 28.0 Å². The molecule has 3 N–H and O–H groups in total. The summed E-state index contributed by atoms with van der Waals surface area (Å²) in [6, 6.07) is 9.95. The van der Waals surface area contributed by atoms with Crippen LogP contribution in [0, 0.1) is 0 Å². The Bertz CT molecular complexity index is 942. The second-order valence-corrected chi connectivity index (χ2v) is 5.04. The SMILES string of the molecule is COc1ccc(-c2oc3cc(OC)cc(OC)c3c(=O)c2O)cc1.O. The van der Waals surface area contributed by atoms with Crippen LogP contribution in [0.25, 0.3) is 22.3 Å². The minimum atomic E-state index is -0.568. The minimum absolute atomic E-state index is 0. The lowest BCUT2D eigenvalue weighted by Crippen LogP contribution is -2.05. The van der Waals surface area contributed by atoms with Gasteiger partial charge in [0.15, 0.2) is 5.76 Å². The fraction of sp³-hybridized carbons (Fsp3) is 0.167. The van der Waals surface area contributed by atoms with E-state index >= 15 is 0 Å². The van der Waals surface area contributed by atoms with Crippen LogP contribution in [0.1, 0.15) is 0 Å². The van der Waals surface area contributed by atoms with Gasteiger partial charge in [-0.25, -0.2) is 0 Å². The van der Waals surface area contributed by atoms with Crippen LogP contribution >= 0.6 is 0 Å². The molecule has 1 aromatic heterocycles. The molecule has 0 bridgehead atoms. The van der Waals surface area contributed by atoms with Gasteiger partial charge in [0.2, 0.25) is 11.2 Å². The number of ether oxygens (including phenoxy) is 3. The summed E-state index contributed by atoms with van der Waals surface area (Å²) in [5.41, 5.74) is 0.246. The molecule has 0 radical (unpaired) electrons. The predicted molar refractivity (Wildman–Crippen MR) is 92.9 cm³/mol. The van der Waals surface area contributed by atoms with Crippen LogP contribution in [0.5, 0.6) is 23.0 Å². The highest BCUT2D eigenvalue weighted by Gasteiger charge is 2.19. The van der Waals surface area contributed by atoms with Crippen molar-refractivity contribution in [1.82, 2.24) is 0 Å². The Morgan fingerprint density at radius 2 is 1.56 bits per heavy atom. The molecule has 0 aliphatic heterocycles. The van der Waals surface area contributed by atoms with Gasteiger partial charge in [-0.15, -0.1) is 0 Å². The molecule has 132 valence electrons. The van der Waals surface area contributed by atoms with E-state index in [1.54, 1.807) is 43.5 Å². The molecule has 0 saturated carbocycles. The maximum atomic E-state index is 12.6. The molecular weight excluding hydrogens is 328 g/mol. The molecular formula is C18H18O7. The van der Waals surface area contributed by atoms with Crippen LogP contribution in [0.3, 0.4) is 0 Å². The van der Waals surface area contributed by atoms with Crippen molar-refractivity contribution in [2.24, 2.45) is 0 Å². The molecule has 0 amide bonds. The number of aromatic hydroxyl groups is 1. The zero-order valence-electron chi connectivity index (χ0n) is 14.0. The number of hydrogen-bond acceptors (Lipinski definition) is 6. The third-order valence-corrected chi connectivity index (χ3v) is 3.72. The minimum Gasteiger partial charge on any atom is -0.502 e. The van der Waals surface area contributed by atoms with E-state index < -0.39 is 11.2 Å². The number of hydrogen-bond donors (Lipinski definition) is 1. The van der Waals surface area contributed by atoms with Crippen LogP contribution in [0.4, 0.5) is 0 Å². The first-order valence-corrected chi connectivity index (χ1v) is 7.15. The van der Waals surface area contributed by atoms with Gasteiger partial charge in [0.05, 0.1) is 21.3 Å². The van der Waals surface area contributed by atoms with Gasteiger partial charge in [-0.1, -0.05) is 0 Å². The summed E-state index contributed by atoms with van der Waals surface area (Å²) in [6.45, 7) is 0. The first kappa shape index (κ1) is 18.2. The summed E-state index contributed by atoms with van der Waals surface area (Å²) in [7, 11) is 4.49. The van der Waals surface area contributed by atoms with Crippen molar-refractivity contribution in [3.63, 3.8) is 0 Å². The molecule has 0 fully saturated rings. The monoisotopic (exact) mass is 346 g/mol. The molecule has 0 aliphatic rings. The highest BCUT2D eigenvalue weighted by molar-refractivity contribution is 5.88. The molecule has 3 aromatic rings. The van der Waals surface area contributed by atoms with Crippen LogP contribution in [0.15, 0.2) is 45.6 Å². The van der Waals surface area contributed by atoms with E-state index in [9.17, 15) is 9.90 Å². The Labute approximate surface area is 143 Å². The number of rotatable bonds is 4. The van der Waals surface area contributed by atoms with Crippen LogP contribution < -0.4 is 19.6 Å². The molecule has 0 unspecified atom stereocenters. The van der Waals surface area contributed by atoms with E-state index in [2.05, 4.69) is 0 Å². The van der Waals surface area contributed by atoms with Crippen LogP contribution in [-0.4, -0.2) is 31.9 Å². The lowest BCUT2D eigenvalue weighted by molar-refractivity contribution is 0.394. The topological polar surface area (TPSA) is 110 Å². The Kier molecular flexibility index (Phi) is 5.19. The second-order valence-electron chi connectivity index (χ2n) is 5.04. The van der Waals surface area contributed by atoms with Gasteiger partial charge in [-0.2, -0.15) is 0 Å². The number of benzene rings is 2. The quantitative estimate of drug-likeness (QED) is 0.776. The molecule has 7 nitrogen and oxygen atoms in total. The van der Waals surface area contributed by atoms with E-state index in [0.717, 1.165) is 0 Å². The second kappa shape index (κ2) is 7.14. The van der Waals surface area contributed by atoms with Gasteiger partial charge in [-0.05, 0) is 24.3 Å². The molecule has 0 saturated heterocycles. The molecule has 25 heavy (non-hydrogen) atoms. The standard InChI is InChI=1S/C18H16O6.H2O/c1-21-11-6-4-10(5-7-11)18-17(20)16(19)15-13(23-3)8-12(22-2)9-14(15)24-18;/h4-9,20H,1-3H3;1H2. The maximum absolute atomic E-state index is 12.6. The fourth-order valence-electron chi connectivity index (χ4n) is 2.47. The largest absolute Gasteiger partial charge is 0.502 e. The smallest absolute Gasteiger partial charge is 0.238 e. The van der Waals surface area contributed by atoms with Crippen molar-refractivity contribution >= 4 is 11.0 Å². The maximum Gasteiger partial charge on any atom is 0.238 e. The zero-order chi connectivity index (χ0) is 17.3. The highest BCUT2D eigenvalue weighted by Crippen LogP contribution is 2.36. The van der Waals surface area contributed by atoms with Gasteiger partial charge in [0, 0.05) is 17.7 Å². The molecule has 0 atom stereocenters. The molecule has 3 rings (SSSR count). The van der Waals surface area contributed by atoms with Crippen molar-refractivity contribution in [2.45, 2.75) is 0 Å². The van der Waals surface area contributed by atoms with Crippen molar-refractivity contribution in [3.05, 3.63) is 46.6 Å². The van der Waals surface area contributed by atoms with Crippen molar-refractivity contribution in [3.8, 4) is 34.3 Å². The highest BCUT2D eigenvalue weighted by atomic mass is 16.5. The third-order valence-electron chi connectivity index (χ3n) is 3.72. The third kappa shape index (κ3) is 3.09. The van der Waals surface area contributed by atoms with Gasteiger partial charge in [-0.3, -0.25) is 4.79 Å². The first-order valence-electron chi connectivity index (χ1n) is 7.15. The summed E-state index contributed by atoms with van der Waals surface area (Å²) < 4.78 is 21.3. The Morgan fingerprint density at radius 3 is 2.12 bits per heavy atom. The first-order chi connectivity index (χ1) is 11.6. The molecule has 7 heteroatoms. The van der Waals surface area contributed by atoms with Gasteiger partial charge < -0.3 is 29.2 Å². The molecule has 0 spiro atoms. The predicted octanol–water partition coefficient (Wildman–Crippen LogP) is 2.37. The van der Waals surface area contributed by atoms with Crippen LogP contribution in [0.2, 0.25) is 0 Å². The lowest BCUT2D eigenvalue weighted by atomic mass is 10.1. The number of fused-ring (bicyclic) bond motifs is 1. The van der Waals surface area contributed by atoms with E-state index in [0.29, 0.717) is 17.1 Å². The molecule has 1 heterocycles. The van der Waals surface area contributed by atoms with Crippen molar-refractivity contribution < 1.29 is 29.2 Å². The fourth-order valence-corrected chi connectivity index (χ4v) is 2.47. The Morgan fingerprint density at radius 1 is 0.920 bits per heavy atom. The Hall–Kier alpha value is -3.19. The summed E-state index contributed by atoms with van der Waals surface area (Å²) in [6.07, 6.45) is 0. The van der Waals surface area contributed by atoms with E-state index in [1.807, 2.05) is 0 Å². The normalized spacial score (nSPS) is 10.2. The Balaban J connectivity index is 0.00000225. The summed E-state index contributed by atoms with van der Waals surface area (Å²) in [5, 5.41) is 10.5. The molecule has 0 aliphatic carbocycles. The average molecular weight is 346 g/mol. The summed E-state index contributed by atoms with van der Waals surface area (Å²) in [4.78, 5) is 12.6. The van der Waals surface area contributed by atoms with Crippen molar-refractivity contribution in [2.75, 3.05) is 21.3 Å². The van der Waals surface area contributed by atoms with Crippen LogP contribution in [-0.2, 0) is 0 Å². The molecule has 2 aromatic carbocycles. The number of methoxy groups -OCH3 is 3.